The number of ether oxygens (including phenoxy) is 2. The van der Waals surface area contributed by atoms with E-state index in [1.54, 1.807) is 49.5 Å². The molecular weight excluding hydrogens is 451 g/mol. The number of benzodiazepines with no additional fused rings is 1. The van der Waals surface area contributed by atoms with Crippen LogP contribution in [0.15, 0.2) is 71.7 Å². The number of rotatable bonds is 5. The first-order chi connectivity index (χ1) is 17.0. The van der Waals surface area contributed by atoms with Gasteiger partial charge in [-0.05, 0) is 42.3 Å². The Morgan fingerprint density at radius 2 is 1.80 bits per heavy atom. The van der Waals surface area contributed by atoms with Gasteiger partial charge in [0, 0.05) is 24.7 Å². The number of carbonyl (C=O) groups is 2. The molecule has 2 N–H and O–H groups in total. The SMILES string of the molecule is CN1C(=O)C(NC(=O)NCCc2ccc3c(c2)OCO3)N=C(c2ccccc2F)c2ccccc21. The number of carbonyl (C=O) groups excluding carboxylic acids is 2. The average molecular weight is 474 g/mol. The first-order valence-corrected chi connectivity index (χ1v) is 11.1. The molecule has 0 fully saturated rings. The summed E-state index contributed by atoms with van der Waals surface area (Å²) >= 11 is 0. The van der Waals surface area contributed by atoms with E-state index in [4.69, 9.17) is 9.47 Å². The number of halogens is 1. The molecule has 8 nitrogen and oxygen atoms in total. The molecule has 3 aromatic carbocycles. The topological polar surface area (TPSA) is 92.3 Å². The van der Waals surface area contributed by atoms with Crippen LogP contribution in [0.25, 0.3) is 0 Å². The molecule has 0 aliphatic carbocycles. The monoisotopic (exact) mass is 474 g/mol. The van der Waals surface area contributed by atoms with E-state index in [0.29, 0.717) is 41.4 Å². The first kappa shape index (κ1) is 22.4. The predicted molar refractivity (Wildman–Crippen MR) is 128 cm³/mol. The third-order valence-corrected chi connectivity index (χ3v) is 5.88. The van der Waals surface area contributed by atoms with Crippen LogP contribution < -0.4 is 25.0 Å². The normalized spacial score (nSPS) is 16.3. The zero-order valence-corrected chi connectivity index (χ0v) is 19.0. The van der Waals surface area contributed by atoms with Gasteiger partial charge < -0.3 is 25.0 Å². The Labute approximate surface area is 201 Å². The van der Waals surface area contributed by atoms with Crippen molar-refractivity contribution in [1.29, 1.82) is 0 Å². The highest BCUT2D eigenvalue weighted by molar-refractivity contribution is 6.20. The van der Waals surface area contributed by atoms with E-state index in [1.165, 1.54) is 11.0 Å². The summed E-state index contributed by atoms with van der Waals surface area (Å²) < 4.78 is 25.4. The third kappa shape index (κ3) is 4.52. The van der Waals surface area contributed by atoms with Gasteiger partial charge in [-0.3, -0.25) is 4.79 Å². The quantitative estimate of drug-likeness (QED) is 0.594. The number of hydrogen-bond donors (Lipinski definition) is 2. The Morgan fingerprint density at radius 1 is 1.06 bits per heavy atom. The van der Waals surface area contributed by atoms with Gasteiger partial charge in [0.25, 0.3) is 5.91 Å². The fraction of sp³-hybridized carbons (Fsp3) is 0.192. The number of amides is 3. The Hall–Kier alpha value is -4.40. The lowest BCUT2D eigenvalue weighted by Crippen LogP contribution is -2.49. The highest BCUT2D eigenvalue weighted by Gasteiger charge is 2.31. The maximum absolute atomic E-state index is 14.7. The molecule has 0 saturated carbocycles. The minimum Gasteiger partial charge on any atom is -0.454 e. The van der Waals surface area contributed by atoms with Gasteiger partial charge in [0.2, 0.25) is 13.0 Å². The van der Waals surface area contributed by atoms with Crippen LogP contribution in [0.1, 0.15) is 16.7 Å². The van der Waals surface area contributed by atoms with Gasteiger partial charge in [-0.15, -0.1) is 0 Å². The van der Waals surface area contributed by atoms with E-state index in [1.807, 2.05) is 18.2 Å². The van der Waals surface area contributed by atoms with Crippen molar-refractivity contribution in [2.45, 2.75) is 12.6 Å². The Kier molecular flexibility index (Phi) is 6.05. The van der Waals surface area contributed by atoms with Crippen molar-refractivity contribution in [3.63, 3.8) is 0 Å². The van der Waals surface area contributed by atoms with Crippen molar-refractivity contribution in [1.82, 2.24) is 10.6 Å². The third-order valence-electron chi connectivity index (χ3n) is 5.88. The van der Waals surface area contributed by atoms with Crippen LogP contribution >= 0.6 is 0 Å². The van der Waals surface area contributed by atoms with Crippen LogP contribution in [0.2, 0.25) is 0 Å². The lowest BCUT2D eigenvalue weighted by Gasteiger charge is -2.21. The average Bonchev–Trinajstić information content (AvgIpc) is 3.31. The molecule has 35 heavy (non-hydrogen) atoms. The zero-order valence-electron chi connectivity index (χ0n) is 19.0. The molecule has 2 aliphatic heterocycles. The lowest BCUT2D eigenvalue weighted by molar-refractivity contribution is -0.119. The van der Waals surface area contributed by atoms with E-state index < -0.39 is 23.9 Å². The van der Waals surface area contributed by atoms with Gasteiger partial charge in [-0.25, -0.2) is 14.2 Å². The molecule has 3 amide bonds. The van der Waals surface area contributed by atoms with E-state index >= 15 is 0 Å². The molecule has 5 rings (SSSR count). The largest absolute Gasteiger partial charge is 0.454 e. The molecule has 178 valence electrons. The fourth-order valence-electron chi connectivity index (χ4n) is 4.08. The second-order valence-corrected chi connectivity index (χ2v) is 8.11. The van der Waals surface area contributed by atoms with E-state index in [2.05, 4.69) is 15.6 Å². The van der Waals surface area contributed by atoms with Gasteiger partial charge in [-0.1, -0.05) is 36.4 Å². The van der Waals surface area contributed by atoms with Crippen molar-refractivity contribution in [3.8, 4) is 11.5 Å². The van der Waals surface area contributed by atoms with Gasteiger partial charge in [0.15, 0.2) is 11.5 Å². The van der Waals surface area contributed by atoms with Crippen molar-refractivity contribution in [2.75, 3.05) is 25.3 Å². The number of nitrogens with zero attached hydrogens (tertiary/aromatic N) is 2. The summed E-state index contributed by atoms with van der Waals surface area (Å²) in [5.41, 5.74) is 2.68. The molecule has 3 aromatic rings. The van der Waals surface area contributed by atoms with Crippen molar-refractivity contribution in [3.05, 3.63) is 89.2 Å². The maximum atomic E-state index is 14.7. The minimum atomic E-state index is -1.23. The number of fused-ring (bicyclic) bond motifs is 2. The molecular formula is C26H23FN4O4. The Balaban J connectivity index is 1.33. The maximum Gasteiger partial charge on any atom is 0.316 e. The van der Waals surface area contributed by atoms with Gasteiger partial charge in [0.1, 0.15) is 5.82 Å². The van der Waals surface area contributed by atoms with Crippen LogP contribution in [0.3, 0.4) is 0 Å². The standard InChI is InChI=1S/C26H23FN4O4/c1-31-20-9-5-3-7-18(20)23(17-6-2-4-8-19(17)27)29-24(25(31)32)30-26(33)28-13-12-16-10-11-21-22(14-16)35-15-34-21/h2-11,14,24H,12-13,15H2,1H3,(H2,28,30,33). The van der Waals surface area contributed by atoms with Gasteiger partial charge in [0.05, 0.1) is 11.4 Å². The van der Waals surface area contributed by atoms with Crippen LogP contribution in [0.5, 0.6) is 11.5 Å². The number of para-hydroxylation sites is 1. The molecule has 0 saturated heterocycles. The van der Waals surface area contributed by atoms with Gasteiger partial charge >= 0.3 is 6.03 Å². The van der Waals surface area contributed by atoms with E-state index in [9.17, 15) is 14.0 Å². The highest BCUT2D eigenvalue weighted by Crippen LogP contribution is 2.32. The molecule has 0 spiro atoms. The number of benzene rings is 3. The summed E-state index contributed by atoms with van der Waals surface area (Å²) in [6.45, 7) is 0.523. The summed E-state index contributed by atoms with van der Waals surface area (Å²) in [4.78, 5) is 31.7. The first-order valence-electron chi connectivity index (χ1n) is 11.1. The molecule has 1 unspecified atom stereocenters. The molecule has 0 radical (unpaired) electrons. The minimum absolute atomic E-state index is 0.197. The molecule has 0 bridgehead atoms. The molecule has 2 aliphatic rings. The lowest BCUT2D eigenvalue weighted by atomic mass is 10.00. The van der Waals surface area contributed by atoms with E-state index in [-0.39, 0.29) is 12.4 Å². The summed E-state index contributed by atoms with van der Waals surface area (Å²) in [7, 11) is 1.60. The highest BCUT2D eigenvalue weighted by atomic mass is 19.1. The Bertz CT molecular complexity index is 1330. The van der Waals surface area contributed by atoms with Crippen LogP contribution in [0, 0.1) is 5.82 Å². The van der Waals surface area contributed by atoms with Gasteiger partial charge in [-0.2, -0.15) is 0 Å². The number of hydrogen-bond acceptors (Lipinski definition) is 5. The van der Waals surface area contributed by atoms with Crippen molar-refractivity contribution >= 4 is 23.3 Å². The Morgan fingerprint density at radius 3 is 2.63 bits per heavy atom. The second-order valence-electron chi connectivity index (χ2n) is 8.11. The number of aliphatic imine (C=N–C) groups is 1. The van der Waals surface area contributed by atoms with E-state index in [0.717, 1.165) is 5.56 Å². The predicted octanol–water partition coefficient (Wildman–Crippen LogP) is 3.24. The summed E-state index contributed by atoms with van der Waals surface area (Å²) in [5.74, 6) is 0.466. The molecule has 2 heterocycles. The number of likely N-dealkylation sites (N-methyl/N-ethyl adjacent to an activating group) is 1. The summed E-state index contributed by atoms with van der Waals surface area (Å²) in [5, 5.41) is 5.38. The molecule has 1 atom stereocenters. The fourth-order valence-corrected chi connectivity index (χ4v) is 4.08. The summed E-state index contributed by atoms with van der Waals surface area (Å²) in [6.07, 6.45) is -0.676. The zero-order chi connectivity index (χ0) is 24.4. The number of anilines is 1. The van der Waals surface area contributed by atoms with Crippen molar-refractivity contribution < 1.29 is 23.5 Å². The van der Waals surface area contributed by atoms with Crippen molar-refractivity contribution in [2.24, 2.45) is 4.99 Å². The van der Waals surface area contributed by atoms with Crippen LogP contribution in [-0.4, -0.2) is 44.2 Å². The van der Waals surface area contributed by atoms with Crippen LogP contribution in [-0.2, 0) is 11.2 Å². The number of urea groups is 1. The molecule has 0 aromatic heterocycles. The smallest absolute Gasteiger partial charge is 0.316 e. The number of nitrogens with one attached hydrogen (secondary N) is 2. The summed E-state index contributed by atoms with van der Waals surface area (Å²) in [6, 6.07) is 18.4. The second kappa shape index (κ2) is 9.46. The molecule has 9 heteroatoms. The van der Waals surface area contributed by atoms with Crippen LogP contribution in [0.4, 0.5) is 14.9 Å².